The monoisotopic (exact) mass is 468 g/mol. The van der Waals surface area contributed by atoms with Gasteiger partial charge in [-0.1, -0.05) is 49.7 Å². The maximum Gasteiger partial charge on any atom is 0.268 e. The van der Waals surface area contributed by atoms with E-state index < -0.39 is 10.0 Å². The van der Waals surface area contributed by atoms with Gasteiger partial charge in [0.05, 0.1) is 28.8 Å². The van der Waals surface area contributed by atoms with Crippen molar-refractivity contribution in [1.82, 2.24) is 9.29 Å². The van der Waals surface area contributed by atoms with Crippen molar-refractivity contribution in [3.63, 3.8) is 0 Å². The molecule has 4 rings (SSSR count). The predicted octanol–water partition coefficient (Wildman–Crippen LogP) is 4.40. The maximum atomic E-state index is 13.8. The van der Waals surface area contributed by atoms with Crippen molar-refractivity contribution in [2.75, 3.05) is 19.8 Å². The fraction of sp³-hybridized carbons (Fsp3) is 0.423. The number of aromatic nitrogens is 1. The lowest BCUT2D eigenvalue weighted by Crippen LogP contribution is -2.34. The molecule has 176 valence electrons. The Balaban J connectivity index is 1.72. The van der Waals surface area contributed by atoms with E-state index in [4.69, 9.17) is 4.74 Å². The van der Waals surface area contributed by atoms with Crippen LogP contribution in [-0.4, -0.2) is 37.9 Å². The number of carbonyl (C=O) groups excluding carboxylic acids is 1. The first-order chi connectivity index (χ1) is 15.8. The summed E-state index contributed by atoms with van der Waals surface area (Å²) < 4.78 is 34.7. The second kappa shape index (κ2) is 9.79. The highest BCUT2D eigenvalue weighted by Crippen LogP contribution is 2.37. The molecule has 0 aliphatic carbocycles. The Morgan fingerprint density at radius 3 is 2.61 bits per heavy atom. The van der Waals surface area contributed by atoms with Crippen molar-refractivity contribution in [2.45, 2.75) is 51.0 Å². The molecule has 1 atom stereocenters. The maximum absolute atomic E-state index is 13.8. The fourth-order valence-corrected chi connectivity index (χ4v) is 6.06. The zero-order valence-corrected chi connectivity index (χ0v) is 20.3. The average Bonchev–Trinajstić information content (AvgIpc) is 3.13. The number of ether oxygens (including phenoxy) is 1. The topological polar surface area (TPSA) is 77.4 Å². The number of benzene rings is 2. The predicted molar refractivity (Wildman–Crippen MR) is 130 cm³/mol. The van der Waals surface area contributed by atoms with Gasteiger partial charge < -0.3 is 10.1 Å². The summed E-state index contributed by atoms with van der Waals surface area (Å²) in [5, 5.41) is 4.33. The van der Waals surface area contributed by atoms with E-state index in [0.717, 1.165) is 16.5 Å². The molecule has 1 aromatic heterocycles. The molecular formula is C26H32N2O4S. The van der Waals surface area contributed by atoms with E-state index in [0.29, 0.717) is 49.7 Å². The average molecular weight is 469 g/mol. The third-order valence-corrected chi connectivity index (χ3v) is 7.78. The van der Waals surface area contributed by atoms with Crippen LogP contribution in [0.25, 0.3) is 10.9 Å². The van der Waals surface area contributed by atoms with Crippen molar-refractivity contribution >= 4 is 26.7 Å². The van der Waals surface area contributed by atoms with Gasteiger partial charge in [0.15, 0.2) is 0 Å². The minimum absolute atomic E-state index is 0.0636. The van der Waals surface area contributed by atoms with Crippen LogP contribution in [0.15, 0.2) is 53.4 Å². The smallest absolute Gasteiger partial charge is 0.268 e. The molecular weight excluding hydrogens is 436 g/mol. The first kappa shape index (κ1) is 23.7. The van der Waals surface area contributed by atoms with Crippen LogP contribution in [0.4, 0.5) is 0 Å². The third-order valence-electron chi connectivity index (χ3n) is 6.04. The van der Waals surface area contributed by atoms with Gasteiger partial charge in [-0.15, -0.1) is 0 Å². The molecule has 0 spiro atoms. The van der Waals surface area contributed by atoms with E-state index in [-0.39, 0.29) is 23.1 Å². The number of aryl methyl sites for hydroxylation is 1. The first-order valence-corrected chi connectivity index (χ1v) is 13.0. The van der Waals surface area contributed by atoms with Crippen molar-refractivity contribution in [2.24, 2.45) is 5.92 Å². The van der Waals surface area contributed by atoms with E-state index in [1.807, 2.05) is 31.2 Å². The van der Waals surface area contributed by atoms with Crippen LogP contribution in [0.2, 0.25) is 0 Å². The van der Waals surface area contributed by atoms with Crippen LogP contribution >= 0.6 is 0 Å². The van der Waals surface area contributed by atoms with Crippen LogP contribution in [-0.2, 0) is 26.0 Å². The number of para-hydroxylation sites is 1. The molecule has 2 heterocycles. The van der Waals surface area contributed by atoms with E-state index in [2.05, 4.69) is 19.2 Å². The summed E-state index contributed by atoms with van der Waals surface area (Å²) in [6.07, 6.45) is 1.28. The van der Waals surface area contributed by atoms with Crippen LogP contribution < -0.4 is 5.32 Å². The van der Waals surface area contributed by atoms with Crippen LogP contribution in [0, 0.1) is 12.8 Å². The van der Waals surface area contributed by atoms with Gasteiger partial charge in [0.2, 0.25) is 0 Å². The number of nitrogens with zero attached hydrogens (tertiary/aromatic N) is 1. The minimum atomic E-state index is -3.84. The Bertz CT molecular complexity index is 1240. The Morgan fingerprint density at radius 1 is 1.15 bits per heavy atom. The molecule has 1 aliphatic rings. The quantitative estimate of drug-likeness (QED) is 0.471. The Hall–Kier alpha value is -2.48. The van der Waals surface area contributed by atoms with Gasteiger partial charge >= 0.3 is 0 Å². The first-order valence-electron chi connectivity index (χ1n) is 11.6. The van der Waals surface area contributed by atoms with E-state index in [1.165, 1.54) is 3.97 Å². The molecule has 33 heavy (non-hydrogen) atoms. The van der Waals surface area contributed by atoms with Gasteiger partial charge in [0.25, 0.3) is 10.0 Å². The lowest BCUT2D eigenvalue weighted by atomic mass is 9.95. The Kier molecular flexibility index (Phi) is 7.02. The number of fused-ring (bicyclic) bond motifs is 3. The minimum Gasteiger partial charge on any atom is -0.381 e. The van der Waals surface area contributed by atoms with Gasteiger partial charge in [0, 0.05) is 24.8 Å². The van der Waals surface area contributed by atoms with Crippen molar-refractivity contribution < 1.29 is 17.9 Å². The Morgan fingerprint density at radius 2 is 1.88 bits per heavy atom. The molecule has 2 aromatic carbocycles. The number of nitrogens with one attached hydrogen (secondary N) is 1. The molecule has 3 aromatic rings. The molecule has 7 heteroatoms. The van der Waals surface area contributed by atoms with Crippen molar-refractivity contribution in [1.29, 1.82) is 0 Å². The SMILES string of the molecule is Cc1ccc(S(=O)(=O)n2c3c(c4ccccc42)CCN[C@@H]3CC(=O)CCOCC(C)C)cc1. The normalized spacial score (nSPS) is 16.3. The highest BCUT2D eigenvalue weighted by Gasteiger charge is 2.33. The number of hydrogen-bond acceptors (Lipinski definition) is 5. The molecule has 1 N–H and O–H groups in total. The highest BCUT2D eigenvalue weighted by atomic mass is 32.2. The summed E-state index contributed by atoms with van der Waals surface area (Å²) in [5.74, 6) is 0.485. The molecule has 0 saturated carbocycles. The Labute approximate surface area is 196 Å². The largest absolute Gasteiger partial charge is 0.381 e. The van der Waals surface area contributed by atoms with E-state index >= 15 is 0 Å². The summed E-state index contributed by atoms with van der Waals surface area (Å²) >= 11 is 0. The van der Waals surface area contributed by atoms with Crippen LogP contribution in [0.3, 0.4) is 0 Å². The van der Waals surface area contributed by atoms with Gasteiger partial charge in [-0.25, -0.2) is 12.4 Å². The summed E-state index contributed by atoms with van der Waals surface area (Å²) in [6, 6.07) is 14.1. The van der Waals surface area contributed by atoms with E-state index in [1.54, 1.807) is 24.3 Å². The van der Waals surface area contributed by atoms with Gasteiger partial charge in [-0.2, -0.15) is 0 Å². The summed E-state index contributed by atoms with van der Waals surface area (Å²) in [4.78, 5) is 13.0. The molecule has 0 unspecified atom stereocenters. The van der Waals surface area contributed by atoms with Crippen LogP contribution in [0.5, 0.6) is 0 Å². The van der Waals surface area contributed by atoms with Gasteiger partial charge in [-0.3, -0.25) is 4.79 Å². The van der Waals surface area contributed by atoms with E-state index in [9.17, 15) is 13.2 Å². The molecule has 0 radical (unpaired) electrons. The number of carbonyl (C=O) groups is 1. The van der Waals surface area contributed by atoms with Gasteiger partial charge in [0.1, 0.15) is 5.78 Å². The molecule has 0 saturated heterocycles. The summed E-state index contributed by atoms with van der Waals surface area (Å²) in [5.41, 5.74) is 3.34. The molecule has 0 amide bonds. The molecule has 6 nitrogen and oxygen atoms in total. The number of ketones is 1. The number of rotatable bonds is 9. The fourth-order valence-electron chi connectivity index (χ4n) is 4.46. The standard InChI is InChI=1S/C26H32N2O4S/c1-18(2)17-32-15-13-20(29)16-24-26-23(12-14-27-24)22-6-4-5-7-25(22)28(26)33(30,31)21-10-8-19(3)9-11-21/h4-11,18,24,27H,12-17H2,1-3H3/t24-/m1/s1. The molecule has 0 fully saturated rings. The van der Waals surface area contributed by atoms with Gasteiger partial charge in [-0.05, 0) is 49.6 Å². The third kappa shape index (κ3) is 4.90. The molecule has 1 aliphatic heterocycles. The van der Waals surface area contributed by atoms with Crippen LogP contribution in [0.1, 0.15) is 49.6 Å². The lowest BCUT2D eigenvalue weighted by molar-refractivity contribution is -0.120. The molecule has 0 bridgehead atoms. The lowest BCUT2D eigenvalue weighted by Gasteiger charge is -2.26. The zero-order chi connectivity index (χ0) is 23.6. The number of hydrogen-bond donors (Lipinski definition) is 1. The second-order valence-corrected chi connectivity index (χ2v) is 11.0. The number of Topliss-reactive ketones (excluding diaryl/α,β-unsaturated/α-hetero) is 1. The zero-order valence-electron chi connectivity index (χ0n) is 19.5. The summed E-state index contributed by atoms with van der Waals surface area (Å²) in [6.45, 7) is 7.79. The van der Waals surface area contributed by atoms with Crippen molar-refractivity contribution in [3.8, 4) is 0 Å². The summed E-state index contributed by atoms with van der Waals surface area (Å²) in [7, 11) is -3.84. The van der Waals surface area contributed by atoms with Crippen molar-refractivity contribution in [3.05, 3.63) is 65.4 Å². The highest BCUT2D eigenvalue weighted by molar-refractivity contribution is 7.90. The second-order valence-electron chi connectivity index (χ2n) is 9.18.